The summed E-state index contributed by atoms with van der Waals surface area (Å²) in [7, 11) is 0. The topological polar surface area (TPSA) is 81.9 Å². The van der Waals surface area contributed by atoms with Gasteiger partial charge in [-0.2, -0.15) is 0 Å². The Morgan fingerprint density at radius 1 is 1.06 bits per heavy atom. The van der Waals surface area contributed by atoms with Gasteiger partial charge in [-0.1, -0.05) is 18.2 Å². The van der Waals surface area contributed by atoms with Crippen LogP contribution >= 0.6 is 11.3 Å². The molecule has 2 amide bonds. The number of thiazole rings is 1. The molecule has 3 rings (SSSR count). The molecule has 0 aliphatic rings. The molecule has 0 saturated heterocycles. The van der Waals surface area contributed by atoms with E-state index in [4.69, 9.17) is 4.74 Å². The minimum atomic E-state index is -4.78. The quantitative estimate of drug-likeness (QED) is 0.497. The van der Waals surface area contributed by atoms with Gasteiger partial charge in [-0.05, 0) is 48.4 Å². The Bertz CT molecular complexity index is 1160. The molecule has 0 radical (unpaired) electrons. The van der Waals surface area contributed by atoms with E-state index in [1.807, 2.05) is 0 Å². The smallest absolute Gasteiger partial charge is 0.409 e. The average molecular weight is 479 g/mol. The summed E-state index contributed by atoms with van der Waals surface area (Å²) in [5.41, 5.74) is 1.26. The SMILES string of the molecule is CC(=O)NCCCn1c(-c2ccc(OC(F)(F)F)cc2)csc1=NC(=O)Oc1ccccc1. The maximum Gasteiger partial charge on any atom is 0.573 e. The highest BCUT2D eigenvalue weighted by molar-refractivity contribution is 7.07. The maximum atomic E-state index is 12.4. The lowest BCUT2D eigenvalue weighted by molar-refractivity contribution is -0.274. The number of benzene rings is 2. The van der Waals surface area contributed by atoms with E-state index in [2.05, 4.69) is 15.0 Å². The van der Waals surface area contributed by atoms with E-state index in [0.29, 0.717) is 41.3 Å². The van der Waals surface area contributed by atoms with Crippen LogP contribution in [0.5, 0.6) is 11.5 Å². The Kier molecular flexibility index (Phi) is 7.88. The lowest BCUT2D eigenvalue weighted by Crippen LogP contribution is -2.25. The molecule has 33 heavy (non-hydrogen) atoms. The standard InChI is InChI=1S/C22H20F3N3O4S/c1-15(29)26-12-5-13-28-19(16-8-10-18(11-9-16)32-22(23,24)25)14-33-20(28)27-21(30)31-17-6-3-2-4-7-17/h2-4,6-11,14H,5,12-13H2,1H3,(H,26,29). The molecular formula is C22H20F3N3O4S. The summed E-state index contributed by atoms with van der Waals surface area (Å²) in [6.07, 6.45) is -5.04. The molecular weight excluding hydrogens is 459 g/mol. The first-order valence-corrected chi connectivity index (χ1v) is 10.7. The molecule has 0 saturated carbocycles. The van der Waals surface area contributed by atoms with Crippen LogP contribution in [0, 0.1) is 0 Å². The van der Waals surface area contributed by atoms with Crippen LogP contribution in [0.4, 0.5) is 18.0 Å². The van der Waals surface area contributed by atoms with Crippen LogP contribution in [0.2, 0.25) is 0 Å². The zero-order valence-corrected chi connectivity index (χ0v) is 18.3. The van der Waals surface area contributed by atoms with E-state index < -0.39 is 12.5 Å². The summed E-state index contributed by atoms with van der Waals surface area (Å²) in [5, 5.41) is 4.44. The third kappa shape index (κ3) is 7.49. The number of hydrogen-bond acceptors (Lipinski definition) is 5. The molecule has 1 heterocycles. The van der Waals surface area contributed by atoms with Crippen molar-refractivity contribution >= 4 is 23.3 Å². The number of alkyl halides is 3. The monoisotopic (exact) mass is 479 g/mol. The number of halogens is 3. The molecule has 0 spiro atoms. The van der Waals surface area contributed by atoms with Crippen LogP contribution in [0.25, 0.3) is 11.3 Å². The van der Waals surface area contributed by atoms with E-state index in [1.54, 1.807) is 40.3 Å². The van der Waals surface area contributed by atoms with Crippen LogP contribution in [-0.2, 0) is 11.3 Å². The summed E-state index contributed by atoms with van der Waals surface area (Å²) in [5.74, 6) is -0.155. The highest BCUT2D eigenvalue weighted by Crippen LogP contribution is 2.27. The van der Waals surface area contributed by atoms with Gasteiger partial charge in [-0.3, -0.25) is 4.79 Å². The second kappa shape index (κ2) is 10.8. The minimum Gasteiger partial charge on any atom is -0.409 e. The normalized spacial score (nSPS) is 11.8. The molecule has 1 N–H and O–H groups in total. The Morgan fingerprint density at radius 2 is 1.76 bits per heavy atom. The van der Waals surface area contributed by atoms with Gasteiger partial charge in [0, 0.05) is 25.4 Å². The zero-order valence-electron chi connectivity index (χ0n) is 17.5. The van der Waals surface area contributed by atoms with Crippen LogP contribution < -0.4 is 19.6 Å². The van der Waals surface area contributed by atoms with Crippen LogP contribution in [0.15, 0.2) is 65.0 Å². The fourth-order valence-corrected chi connectivity index (χ4v) is 3.81. The van der Waals surface area contributed by atoms with E-state index in [9.17, 15) is 22.8 Å². The molecule has 2 aromatic carbocycles. The Hall–Kier alpha value is -3.60. The van der Waals surface area contributed by atoms with E-state index in [1.165, 1.54) is 42.5 Å². The van der Waals surface area contributed by atoms with Gasteiger partial charge in [-0.15, -0.1) is 29.5 Å². The summed E-state index contributed by atoms with van der Waals surface area (Å²) in [6, 6.07) is 13.9. The first-order valence-electron chi connectivity index (χ1n) is 9.82. The fraction of sp³-hybridized carbons (Fsp3) is 0.227. The van der Waals surface area contributed by atoms with Crippen molar-refractivity contribution in [2.75, 3.05) is 6.54 Å². The highest BCUT2D eigenvalue weighted by Gasteiger charge is 2.31. The summed E-state index contributed by atoms with van der Waals surface area (Å²) in [4.78, 5) is 27.8. The number of aromatic nitrogens is 1. The second-order valence-corrected chi connectivity index (χ2v) is 7.59. The Balaban J connectivity index is 1.87. The van der Waals surface area contributed by atoms with Gasteiger partial charge in [0.05, 0.1) is 5.69 Å². The van der Waals surface area contributed by atoms with E-state index in [0.717, 1.165) is 0 Å². The third-order valence-corrected chi connectivity index (χ3v) is 5.11. The van der Waals surface area contributed by atoms with Crippen molar-refractivity contribution < 1.29 is 32.2 Å². The number of nitrogens with one attached hydrogen (secondary N) is 1. The van der Waals surface area contributed by atoms with Crippen molar-refractivity contribution in [2.45, 2.75) is 26.3 Å². The van der Waals surface area contributed by atoms with Gasteiger partial charge >= 0.3 is 12.5 Å². The number of hydrogen-bond donors (Lipinski definition) is 1. The number of para-hydroxylation sites is 1. The van der Waals surface area contributed by atoms with Crippen molar-refractivity contribution in [3.05, 3.63) is 64.8 Å². The van der Waals surface area contributed by atoms with Gasteiger partial charge in [0.2, 0.25) is 5.91 Å². The van der Waals surface area contributed by atoms with Crippen molar-refractivity contribution in [2.24, 2.45) is 4.99 Å². The number of nitrogens with zero attached hydrogens (tertiary/aromatic N) is 2. The van der Waals surface area contributed by atoms with Crippen LogP contribution in [0.1, 0.15) is 13.3 Å². The molecule has 11 heteroatoms. The number of carbonyl (C=O) groups is 2. The number of carbonyl (C=O) groups excluding carboxylic acids is 2. The van der Waals surface area contributed by atoms with Gasteiger partial charge in [0.15, 0.2) is 4.80 Å². The number of amides is 2. The molecule has 1 aromatic heterocycles. The van der Waals surface area contributed by atoms with Crippen LogP contribution in [0.3, 0.4) is 0 Å². The minimum absolute atomic E-state index is 0.165. The lowest BCUT2D eigenvalue weighted by Gasteiger charge is -2.11. The van der Waals surface area contributed by atoms with Gasteiger partial charge in [0.1, 0.15) is 11.5 Å². The fourth-order valence-electron chi connectivity index (χ4n) is 2.88. The van der Waals surface area contributed by atoms with Crippen molar-refractivity contribution in [3.8, 4) is 22.8 Å². The molecule has 0 bridgehead atoms. The molecule has 0 aliphatic heterocycles. The summed E-state index contributed by atoms with van der Waals surface area (Å²) in [6.45, 7) is 2.22. The predicted octanol–water partition coefficient (Wildman–Crippen LogP) is 4.74. The highest BCUT2D eigenvalue weighted by atomic mass is 32.1. The van der Waals surface area contributed by atoms with Crippen molar-refractivity contribution in [1.29, 1.82) is 0 Å². The molecule has 0 fully saturated rings. The molecule has 0 aliphatic carbocycles. The van der Waals surface area contributed by atoms with Crippen LogP contribution in [-0.4, -0.2) is 29.5 Å². The number of ether oxygens (including phenoxy) is 2. The molecule has 0 unspecified atom stereocenters. The summed E-state index contributed by atoms with van der Waals surface area (Å²) < 4.78 is 48.2. The molecule has 174 valence electrons. The van der Waals surface area contributed by atoms with Gasteiger partial charge in [-0.25, -0.2) is 4.79 Å². The lowest BCUT2D eigenvalue weighted by atomic mass is 10.1. The van der Waals surface area contributed by atoms with E-state index >= 15 is 0 Å². The van der Waals surface area contributed by atoms with Crippen molar-refractivity contribution in [3.63, 3.8) is 0 Å². The van der Waals surface area contributed by atoms with Gasteiger partial charge < -0.3 is 19.4 Å². The average Bonchev–Trinajstić information content (AvgIpc) is 3.13. The third-order valence-electron chi connectivity index (χ3n) is 4.25. The Morgan fingerprint density at radius 3 is 2.39 bits per heavy atom. The molecule has 0 atom stereocenters. The van der Waals surface area contributed by atoms with E-state index in [-0.39, 0.29) is 11.7 Å². The molecule has 3 aromatic rings. The first-order chi connectivity index (χ1) is 15.7. The first kappa shape index (κ1) is 24.1. The van der Waals surface area contributed by atoms with Crippen molar-refractivity contribution in [1.82, 2.24) is 9.88 Å². The predicted molar refractivity (Wildman–Crippen MR) is 116 cm³/mol. The zero-order chi connectivity index (χ0) is 23.8. The largest absolute Gasteiger partial charge is 0.573 e. The molecule has 7 nitrogen and oxygen atoms in total. The maximum absolute atomic E-state index is 12.4. The summed E-state index contributed by atoms with van der Waals surface area (Å²) >= 11 is 1.19. The number of rotatable bonds is 7. The van der Waals surface area contributed by atoms with Gasteiger partial charge in [0.25, 0.3) is 0 Å². The Labute approximate surface area is 191 Å². The second-order valence-electron chi connectivity index (χ2n) is 6.76.